The summed E-state index contributed by atoms with van der Waals surface area (Å²) < 4.78 is 29.2. The van der Waals surface area contributed by atoms with Crippen molar-refractivity contribution in [3.63, 3.8) is 0 Å². The van der Waals surface area contributed by atoms with Crippen LogP contribution in [0.5, 0.6) is 0 Å². The molecular formula is C10H11ClN2O4S. The molecule has 8 heteroatoms. The van der Waals surface area contributed by atoms with Crippen molar-refractivity contribution < 1.29 is 17.9 Å². The van der Waals surface area contributed by atoms with Crippen LogP contribution < -0.4 is 4.31 Å². The van der Waals surface area contributed by atoms with Crippen LogP contribution in [0.4, 0.5) is 5.82 Å². The Kier molecular flexibility index (Phi) is 3.45. The number of methoxy groups -OCH3 is 1. The van der Waals surface area contributed by atoms with Crippen LogP contribution in [0, 0.1) is 0 Å². The third kappa shape index (κ3) is 2.28. The number of halogens is 1. The van der Waals surface area contributed by atoms with Gasteiger partial charge < -0.3 is 4.74 Å². The molecule has 2 heterocycles. The molecule has 0 spiro atoms. The quantitative estimate of drug-likeness (QED) is 0.761. The second-order valence-electron chi connectivity index (χ2n) is 3.76. The van der Waals surface area contributed by atoms with Gasteiger partial charge in [0.15, 0.2) is 0 Å². The van der Waals surface area contributed by atoms with Crippen LogP contribution in [0.15, 0.2) is 12.3 Å². The predicted molar refractivity (Wildman–Crippen MR) is 66.3 cm³/mol. The minimum absolute atomic E-state index is 0.0882. The number of sulfonamides is 1. The molecule has 1 saturated heterocycles. The molecule has 0 atom stereocenters. The zero-order valence-electron chi connectivity index (χ0n) is 9.59. The number of carbonyl (C=O) groups excluding carboxylic acids is 1. The molecule has 0 amide bonds. The second kappa shape index (κ2) is 4.74. The fourth-order valence-corrected chi connectivity index (χ4v) is 3.41. The van der Waals surface area contributed by atoms with E-state index in [1.807, 2.05) is 0 Å². The monoisotopic (exact) mass is 290 g/mol. The first-order valence-electron chi connectivity index (χ1n) is 5.20. The van der Waals surface area contributed by atoms with Crippen LogP contribution in [0.3, 0.4) is 0 Å². The van der Waals surface area contributed by atoms with Crippen LogP contribution >= 0.6 is 11.6 Å². The van der Waals surface area contributed by atoms with Crippen LogP contribution in [0.25, 0.3) is 0 Å². The van der Waals surface area contributed by atoms with Crippen molar-refractivity contribution in [2.45, 2.75) is 6.42 Å². The molecule has 2 rings (SSSR count). The lowest BCUT2D eigenvalue weighted by Gasteiger charge is -2.16. The molecule has 1 aromatic heterocycles. The summed E-state index contributed by atoms with van der Waals surface area (Å²) >= 11 is 5.82. The number of hydrogen-bond donors (Lipinski definition) is 0. The van der Waals surface area contributed by atoms with E-state index in [4.69, 9.17) is 11.6 Å². The van der Waals surface area contributed by atoms with E-state index in [1.54, 1.807) is 0 Å². The number of pyridine rings is 1. The fourth-order valence-electron chi connectivity index (χ4n) is 1.73. The first kappa shape index (κ1) is 13.1. The highest BCUT2D eigenvalue weighted by Gasteiger charge is 2.30. The Balaban J connectivity index is 2.45. The Bertz CT molecular complexity index is 588. The molecule has 0 aliphatic carbocycles. The molecule has 98 valence electrons. The Labute approximate surface area is 110 Å². The summed E-state index contributed by atoms with van der Waals surface area (Å²) in [6.07, 6.45) is 1.79. The lowest BCUT2D eigenvalue weighted by atomic mass is 10.2. The van der Waals surface area contributed by atoms with E-state index in [-0.39, 0.29) is 22.2 Å². The molecule has 0 saturated carbocycles. The first-order valence-corrected chi connectivity index (χ1v) is 7.18. The van der Waals surface area contributed by atoms with Gasteiger partial charge in [-0.2, -0.15) is 0 Å². The molecule has 1 aliphatic rings. The third-order valence-electron chi connectivity index (χ3n) is 2.60. The maximum atomic E-state index is 11.7. The number of rotatable bonds is 2. The van der Waals surface area contributed by atoms with Gasteiger partial charge in [-0.15, -0.1) is 0 Å². The number of anilines is 1. The van der Waals surface area contributed by atoms with Gasteiger partial charge in [0.2, 0.25) is 10.0 Å². The molecular weight excluding hydrogens is 280 g/mol. The summed E-state index contributed by atoms with van der Waals surface area (Å²) in [7, 11) is -2.10. The molecule has 6 nitrogen and oxygen atoms in total. The van der Waals surface area contributed by atoms with Gasteiger partial charge >= 0.3 is 5.97 Å². The summed E-state index contributed by atoms with van der Waals surface area (Å²) in [6, 6.07) is 1.33. The molecule has 0 radical (unpaired) electrons. The van der Waals surface area contributed by atoms with Gasteiger partial charge in [-0.1, -0.05) is 11.6 Å². The van der Waals surface area contributed by atoms with Gasteiger partial charge in [-0.3, -0.25) is 4.31 Å². The molecule has 1 aliphatic heterocycles. The molecule has 1 fully saturated rings. The Morgan fingerprint density at radius 1 is 1.56 bits per heavy atom. The van der Waals surface area contributed by atoms with E-state index in [2.05, 4.69) is 9.72 Å². The number of ether oxygens (including phenoxy) is 1. The fraction of sp³-hybridized carbons (Fsp3) is 0.400. The standard InChI is InChI=1S/C10H11ClN2O4S/c1-17-10(14)7-5-9(12-6-8(7)11)13-3-2-4-18(13,15)16/h5-6H,2-4H2,1H3. The van der Waals surface area contributed by atoms with Crippen molar-refractivity contribution in [1.29, 1.82) is 0 Å². The molecule has 0 aromatic carbocycles. The van der Waals surface area contributed by atoms with Crippen LogP contribution in [0.1, 0.15) is 16.8 Å². The molecule has 18 heavy (non-hydrogen) atoms. The van der Waals surface area contributed by atoms with Crippen LogP contribution in [-0.4, -0.2) is 38.8 Å². The van der Waals surface area contributed by atoms with E-state index < -0.39 is 16.0 Å². The first-order chi connectivity index (χ1) is 8.45. The minimum Gasteiger partial charge on any atom is -0.465 e. The average molecular weight is 291 g/mol. The average Bonchev–Trinajstić information content (AvgIpc) is 2.69. The Morgan fingerprint density at radius 3 is 2.83 bits per heavy atom. The highest BCUT2D eigenvalue weighted by molar-refractivity contribution is 7.93. The van der Waals surface area contributed by atoms with Gasteiger partial charge in [-0.25, -0.2) is 18.2 Å². The van der Waals surface area contributed by atoms with Crippen LogP contribution in [-0.2, 0) is 14.8 Å². The van der Waals surface area contributed by atoms with Gasteiger partial charge in [0.05, 0.1) is 23.4 Å². The number of carbonyl (C=O) groups is 1. The highest BCUT2D eigenvalue weighted by Crippen LogP contribution is 2.26. The Hall–Kier alpha value is -1.34. The molecule has 0 unspecified atom stereocenters. The summed E-state index contributed by atoms with van der Waals surface area (Å²) in [6.45, 7) is 0.359. The van der Waals surface area contributed by atoms with Gasteiger partial charge in [0, 0.05) is 12.7 Å². The number of esters is 1. The number of nitrogens with zero attached hydrogens (tertiary/aromatic N) is 2. The molecule has 0 bridgehead atoms. The number of hydrogen-bond acceptors (Lipinski definition) is 5. The van der Waals surface area contributed by atoms with E-state index in [9.17, 15) is 13.2 Å². The highest BCUT2D eigenvalue weighted by atomic mass is 35.5. The minimum atomic E-state index is -3.33. The zero-order chi connectivity index (χ0) is 13.3. The topological polar surface area (TPSA) is 76.6 Å². The maximum Gasteiger partial charge on any atom is 0.339 e. The lowest BCUT2D eigenvalue weighted by molar-refractivity contribution is 0.0601. The smallest absolute Gasteiger partial charge is 0.339 e. The zero-order valence-corrected chi connectivity index (χ0v) is 11.2. The normalized spacial score (nSPS) is 17.8. The van der Waals surface area contributed by atoms with Crippen molar-refractivity contribution >= 4 is 33.4 Å². The summed E-state index contributed by atoms with van der Waals surface area (Å²) in [5, 5.41) is 0.127. The van der Waals surface area contributed by atoms with Gasteiger partial charge in [-0.05, 0) is 12.5 Å². The van der Waals surface area contributed by atoms with E-state index in [1.165, 1.54) is 23.7 Å². The largest absolute Gasteiger partial charge is 0.465 e. The van der Waals surface area contributed by atoms with Gasteiger partial charge in [0.25, 0.3) is 0 Å². The van der Waals surface area contributed by atoms with Gasteiger partial charge in [0.1, 0.15) is 5.82 Å². The molecule has 0 N–H and O–H groups in total. The Morgan fingerprint density at radius 2 is 2.28 bits per heavy atom. The van der Waals surface area contributed by atoms with E-state index in [0.717, 1.165) is 0 Å². The van der Waals surface area contributed by atoms with Crippen molar-refractivity contribution in [3.8, 4) is 0 Å². The predicted octanol–water partition coefficient (Wildman–Crippen LogP) is 1.06. The van der Waals surface area contributed by atoms with E-state index in [0.29, 0.717) is 13.0 Å². The van der Waals surface area contributed by atoms with Crippen LogP contribution in [0.2, 0.25) is 5.02 Å². The summed E-state index contributed by atoms with van der Waals surface area (Å²) in [4.78, 5) is 15.4. The van der Waals surface area contributed by atoms with Crippen molar-refractivity contribution in [2.24, 2.45) is 0 Å². The van der Waals surface area contributed by atoms with Crippen molar-refractivity contribution in [2.75, 3.05) is 23.7 Å². The third-order valence-corrected chi connectivity index (χ3v) is 4.75. The van der Waals surface area contributed by atoms with Crippen molar-refractivity contribution in [1.82, 2.24) is 4.98 Å². The second-order valence-corrected chi connectivity index (χ2v) is 6.18. The van der Waals surface area contributed by atoms with Crippen molar-refractivity contribution in [3.05, 3.63) is 22.8 Å². The SMILES string of the molecule is COC(=O)c1cc(N2CCCS2(=O)=O)ncc1Cl. The molecule has 1 aromatic rings. The van der Waals surface area contributed by atoms with E-state index >= 15 is 0 Å². The maximum absolute atomic E-state index is 11.7. The summed E-state index contributed by atoms with van der Waals surface area (Å²) in [5.74, 6) is -0.345. The summed E-state index contributed by atoms with van der Waals surface area (Å²) in [5.41, 5.74) is 0.103. The number of aromatic nitrogens is 1. The lowest BCUT2D eigenvalue weighted by Crippen LogP contribution is -2.26.